The number of rotatable bonds is 3. The average Bonchev–Trinajstić information content (AvgIpc) is 2.15. The Morgan fingerprint density at radius 3 is 2.60 bits per heavy atom. The lowest BCUT2D eigenvalue weighted by atomic mass is 9.79. The Morgan fingerprint density at radius 2 is 2.07 bits per heavy atom. The molecule has 0 saturated heterocycles. The van der Waals surface area contributed by atoms with Crippen molar-refractivity contribution < 1.29 is 5.11 Å². The molecule has 1 unspecified atom stereocenters. The molecule has 0 heterocycles. The molecule has 82 valence electrons. The molecule has 1 aromatic rings. The summed E-state index contributed by atoms with van der Waals surface area (Å²) < 4.78 is 0. The van der Waals surface area contributed by atoms with Crippen LogP contribution in [0.4, 0.5) is 5.69 Å². The van der Waals surface area contributed by atoms with E-state index in [1.807, 2.05) is 26.2 Å². The Hall–Kier alpha value is -1.02. The van der Waals surface area contributed by atoms with Gasteiger partial charge in [-0.2, -0.15) is 0 Å². The molecule has 1 aliphatic rings. The van der Waals surface area contributed by atoms with Gasteiger partial charge in [0.15, 0.2) is 0 Å². The minimum Gasteiger partial charge on any atom is -0.388 e. The Balaban J connectivity index is 2.16. The third-order valence-corrected chi connectivity index (χ3v) is 3.32. The van der Waals surface area contributed by atoms with Crippen molar-refractivity contribution >= 4 is 5.69 Å². The molecule has 2 heteroatoms. The summed E-state index contributed by atoms with van der Waals surface area (Å²) in [4.78, 5) is 2.07. The highest BCUT2D eigenvalue weighted by atomic mass is 16.3. The van der Waals surface area contributed by atoms with Crippen LogP contribution in [0, 0.1) is 5.92 Å². The van der Waals surface area contributed by atoms with E-state index in [1.54, 1.807) is 0 Å². The zero-order valence-corrected chi connectivity index (χ0v) is 9.48. The van der Waals surface area contributed by atoms with E-state index >= 15 is 0 Å². The lowest BCUT2D eigenvalue weighted by molar-refractivity contribution is 0.0621. The van der Waals surface area contributed by atoms with Gasteiger partial charge in [0, 0.05) is 19.8 Å². The standard InChI is InChI=1S/C13H19NO/c1-14(2)12-8-4-7-11(9-12)13(15)10-5-3-6-10/h4,7-10,13,15H,3,5-6H2,1-2H3. The SMILES string of the molecule is CN(C)c1cccc(C(O)C2CCC2)c1. The van der Waals surface area contributed by atoms with Crippen molar-refractivity contribution in [2.24, 2.45) is 5.92 Å². The molecule has 2 rings (SSSR count). The summed E-state index contributed by atoms with van der Waals surface area (Å²) in [5.74, 6) is 0.488. The van der Waals surface area contributed by atoms with Crippen LogP contribution in [0.15, 0.2) is 24.3 Å². The summed E-state index contributed by atoms with van der Waals surface area (Å²) in [6, 6.07) is 8.20. The van der Waals surface area contributed by atoms with Crippen molar-refractivity contribution in [1.29, 1.82) is 0 Å². The average molecular weight is 205 g/mol. The zero-order valence-electron chi connectivity index (χ0n) is 9.48. The van der Waals surface area contributed by atoms with Gasteiger partial charge in [0.1, 0.15) is 0 Å². The minimum atomic E-state index is -0.265. The number of aliphatic hydroxyl groups excluding tert-OH is 1. The molecule has 1 atom stereocenters. The number of aliphatic hydroxyl groups is 1. The number of anilines is 1. The lowest BCUT2D eigenvalue weighted by Crippen LogP contribution is -2.20. The minimum absolute atomic E-state index is 0.265. The van der Waals surface area contributed by atoms with Crippen LogP contribution in [0.1, 0.15) is 30.9 Å². The van der Waals surface area contributed by atoms with Gasteiger partial charge in [0.05, 0.1) is 6.10 Å². The first-order valence-electron chi connectivity index (χ1n) is 5.64. The topological polar surface area (TPSA) is 23.5 Å². The molecule has 1 aromatic carbocycles. The molecule has 0 aliphatic heterocycles. The smallest absolute Gasteiger partial charge is 0.0818 e. The first kappa shape index (κ1) is 10.5. The summed E-state index contributed by atoms with van der Waals surface area (Å²) in [6.45, 7) is 0. The van der Waals surface area contributed by atoms with Gasteiger partial charge in [-0.05, 0) is 36.5 Å². The summed E-state index contributed by atoms with van der Waals surface area (Å²) in [5, 5.41) is 10.1. The van der Waals surface area contributed by atoms with Gasteiger partial charge in [-0.15, -0.1) is 0 Å². The van der Waals surface area contributed by atoms with Gasteiger partial charge in [-0.1, -0.05) is 18.6 Å². The van der Waals surface area contributed by atoms with Crippen molar-refractivity contribution in [1.82, 2.24) is 0 Å². The highest BCUT2D eigenvalue weighted by Crippen LogP contribution is 2.38. The third kappa shape index (κ3) is 2.15. The second-order valence-corrected chi connectivity index (χ2v) is 4.63. The van der Waals surface area contributed by atoms with Gasteiger partial charge in [-0.3, -0.25) is 0 Å². The maximum Gasteiger partial charge on any atom is 0.0818 e. The van der Waals surface area contributed by atoms with Crippen LogP contribution < -0.4 is 4.90 Å². The molecule has 0 aromatic heterocycles. The molecule has 0 radical (unpaired) electrons. The second-order valence-electron chi connectivity index (χ2n) is 4.63. The number of benzene rings is 1. The van der Waals surface area contributed by atoms with Crippen LogP contribution in [0.5, 0.6) is 0 Å². The summed E-state index contributed by atoms with van der Waals surface area (Å²) in [6.07, 6.45) is 3.36. The van der Waals surface area contributed by atoms with Crippen molar-refractivity contribution in [3.8, 4) is 0 Å². The van der Waals surface area contributed by atoms with E-state index in [9.17, 15) is 5.11 Å². The summed E-state index contributed by atoms with van der Waals surface area (Å²) in [5.41, 5.74) is 2.22. The number of hydrogen-bond donors (Lipinski definition) is 1. The van der Waals surface area contributed by atoms with Crippen LogP contribution in [-0.4, -0.2) is 19.2 Å². The van der Waals surface area contributed by atoms with E-state index in [0.717, 1.165) is 11.3 Å². The summed E-state index contributed by atoms with van der Waals surface area (Å²) >= 11 is 0. The normalized spacial score (nSPS) is 18.3. The first-order valence-corrected chi connectivity index (χ1v) is 5.64. The molecule has 1 N–H and O–H groups in total. The van der Waals surface area contributed by atoms with Gasteiger partial charge in [-0.25, -0.2) is 0 Å². The maximum atomic E-state index is 10.1. The quantitative estimate of drug-likeness (QED) is 0.820. The van der Waals surface area contributed by atoms with Crippen molar-refractivity contribution in [3.63, 3.8) is 0 Å². The van der Waals surface area contributed by atoms with Crippen LogP contribution in [-0.2, 0) is 0 Å². The van der Waals surface area contributed by atoms with Gasteiger partial charge < -0.3 is 10.0 Å². The van der Waals surface area contributed by atoms with Crippen LogP contribution in [0.3, 0.4) is 0 Å². The molecule has 0 bridgehead atoms. The molecular formula is C13H19NO. The van der Waals surface area contributed by atoms with E-state index in [1.165, 1.54) is 19.3 Å². The van der Waals surface area contributed by atoms with Crippen molar-refractivity contribution in [2.45, 2.75) is 25.4 Å². The zero-order chi connectivity index (χ0) is 10.8. The fourth-order valence-electron chi connectivity index (χ4n) is 2.01. The van der Waals surface area contributed by atoms with Crippen molar-refractivity contribution in [3.05, 3.63) is 29.8 Å². The monoisotopic (exact) mass is 205 g/mol. The predicted molar refractivity (Wildman–Crippen MR) is 63.1 cm³/mol. The fraction of sp³-hybridized carbons (Fsp3) is 0.538. The Morgan fingerprint density at radius 1 is 1.33 bits per heavy atom. The van der Waals surface area contributed by atoms with E-state index < -0.39 is 0 Å². The Bertz CT molecular complexity index is 331. The molecule has 1 saturated carbocycles. The Labute approximate surface area is 91.5 Å². The molecule has 0 amide bonds. The molecule has 1 fully saturated rings. The van der Waals surface area contributed by atoms with E-state index in [2.05, 4.69) is 17.0 Å². The third-order valence-electron chi connectivity index (χ3n) is 3.32. The molecule has 15 heavy (non-hydrogen) atoms. The molecule has 0 spiro atoms. The highest BCUT2D eigenvalue weighted by molar-refractivity contribution is 5.47. The molecular weight excluding hydrogens is 186 g/mol. The van der Waals surface area contributed by atoms with Crippen molar-refractivity contribution in [2.75, 3.05) is 19.0 Å². The fourth-order valence-corrected chi connectivity index (χ4v) is 2.01. The highest BCUT2D eigenvalue weighted by Gasteiger charge is 2.26. The first-order chi connectivity index (χ1) is 7.18. The number of nitrogens with zero attached hydrogens (tertiary/aromatic N) is 1. The van der Waals surface area contributed by atoms with Crippen LogP contribution >= 0.6 is 0 Å². The molecule has 1 aliphatic carbocycles. The Kier molecular flexibility index (Phi) is 2.96. The second kappa shape index (κ2) is 4.23. The van der Waals surface area contributed by atoms with E-state index in [4.69, 9.17) is 0 Å². The van der Waals surface area contributed by atoms with Gasteiger partial charge in [0.25, 0.3) is 0 Å². The van der Waals surface area contributed by atoms with E-state index in [0.29, 0.717) is 5.92 Å². The van der Waals surface area contributed by atoms with E-state index in [-0.39, 0.29) is 6.10 Å². The predicted octanol–water partition coefficient (Wildman–Crippen LogP) is 2.59. The molecule has 2 nitrogen and oxygen atoms in total. The number of hydrogen-bond acceptors (Lipinski definition) is 2. The maximum absolute atomic E-state index is 10.1. The van der Waals surface area contributed by atoms with Gasteiger partial charge in [0.2, 0.25) is 0 Å². The summed E-state index contributed by atoms with van der Waals surface area (Å²) in [7, 11) is 4.05. The van der Waals surface area contributed by atoms with Gasteiger partial charge >= 0.3 is 0 Å². The van der Waals surface area contributed by atoms with Crippen LogP contribution in [0.25, 0.3) is 0 Å². The van der Waals surface area contributed by atoms with Crippen LogP contribution in [0.2, 0.25) is 0 Å². The lowest BCUT2D eigenvalue weighted by Gasteiger charge is -2.30. The largest absolute Gasteiger partial charge is 0.388 e.